The number of carbonyl (C=O) groups is 1. The molecule has 8 heteroatoms. The predicted octanol–water partition coefficient (Wildman–Crippen LogP) is 4.55. The van der Waals surface area contributed by atoms with Crippen LogP contribution in [0.15, 0.2) is 66.9 Å². The first kappa shape index (κ1) is 23.8. The lowest BCUT2D eigenvalue weighted by atomic mass is 10.0. The highest BCUT2D eigenvalue weighted by molar-refractivity contribution is 5.94. The van der Waals surface area contributed by atoms with Gasteiger partial charge in [-0.1, -0.05) is 26.0 Å². The topological polar surface area (TPSA) is 91.8 Å². The van der Waals surface area contributed by atoms with Crippen LogP contribution in [0.4, 0.5) is 17.3 Å². The molecular weight excluding hydrogens is 450 g/mol. The molecule has 1 aliphatic heterocycles. The van der Waals surface area contributed by atoms with E-state index in [0.717, 1.165) is 48.6 Å². The molecule has 0 aliphatic carbocycles. The van der Waals surface area contributed by atoms with Gasteiger partial charge in [0.25, 0.3) is 0 Å². The molecule has 1 aliphatic rings. The Morgan fingerprint density at radius 2 is 1.81 bits per heavy atom. The summed E-state index contributed by atoms with van der Waals surface area (Å²) in [6.07, 6.45) is 4.19. The number of hydrogen-bond acceptors (Lipinski definition) is 6. The summed E-state index contributed by atoms with van der Waals surface area (Å²) < 4.78 is 1.82. The number of carbonyl (C=O) groups excluding carboxylic acids is 1. The SMILES string of the molecule is CCN(CC)C1CCN(c2ccc(Nc3ncc4ccc(-c5cccc(C(N)=O)c5)n4n3)cc2)CC1. The van der Waals surface area contributed by atoms with Crippen molar-refractivity contribution >= 4 is 28.7 Å². The number of primary amides is 1. The van der Waals surface area contributed by atoms with Crippen LogP contribution in [0.25, 0.3) is 16.8 Å². The first-order valence-electron chi connectivity index (χ1n) is 12.7. The van der Waals surface area contributed by atoms with Crippen LogP contribution in [0.1, 0.15) is 37.0 Å². The number of piperidine rings is 1. The zero-order valence-corrected chi connectivity index (χ0v) is 20.9. The van der Waals surface area contributed by atoms with Crippen LogP contribution in [0.3, 0.4) is 0 Å². The van der Waals surface area contributed by atoms with Crippen LogP contribution in [-0.4, -0.2) is 57.6 Å². The number of anilines is 3. The van der Waals surface area contributed by atoms with E-state index in [1.54, 1.807) is 18.3 Å². The van der Waals surface area contributed by atoms with Gasteiger partial charge in [-0.05, 0) is 74.5 Å². The summed E-state index contributed by atoms with van der Waals surface area (Å²) in [5, 5.41) is 8.02. The Morgan fingerprint density at radius 1 is 1.06 bits per heavy atom. The quantitative estimate of drug-likeness (QED) is 0.382. The van der Waals surface area contributed by atoms with Gasteiger partial charge in [-0.2, -0.15) is 0 Å². The third-order valence-corrected chi connectivity index (χ3v) is 7.12. The third kappa shape index (κ3) is 4.90. The van der Waals surface area contributed by atoms with E-state index in [2.05, 4.69) is 58.2 Å². The minimum Gasteiger partial charge on any atom is -0.371 e. The van der Waals surface area contributed by atoms with Gasteiger partial charge in [0.05, 0.1) is 17.4 Å². The number of rotatable bonds is 8. The zero-order chi connectivity index (χ0) is 25.1. The fourth-order valence-electron chi connectivity index (χ4n) is 5.12. The van der Waals surface area contributed by atoms with E-state index in [9.17, 15) is 4.79 Å². The number of nitrogens with zero attached hydrogens (tertiary/aromatic N) is 5. The average Bonchev–Trinajstić information content (AvgIpc) is 3.34. The van der Waals surface area contributed by atoms with Crippen molar-refractivity contribution in [1.29, 1.82) is 0 Å². The van der Waals surface area contributed by atoms with Gasteiger partial charge in [-0.3, -0.25) is 4.79 Å². The Kier molecular flexibility index (Phi) is 6.86. The summed E-state index contributed by atoms with van der Waals surface area (Å²) in [5.41, 5.74) is 10.7. The highest BCUT2D eigenvalue weighted by atomic mass is 16.1. The van der Waals surface area contributed by atoms with Gasteiger partial charge in [-0.25, -0.2) is 9.50 Å². The molecule has 3 heterocycles. The molecule has 2 aromatic carbocycles. The molecule has 1 fully saturated rings. The number of benzene rings is 2. The second-order valence-corrected chi connectivity index (χ2v) is 9.19. The largest absolute Gasteiger partial charge is 0.371 e. The van der Waals surface area contributed by atoms with E-state index in [-0.39, 0.29) is 0 Å². The van der Waals surface area contributed by atoms with Crippen molar-refractivity contribution in [1.82, 2.24) is 19.5 Å². The van der Waals surface area contributed by atoms with Crippen LogP contribution in [0, 0.1) is 0 Å². The maximum atomic E-state index is 11.6. The third-order valence-electron chi connectivity index (χ3n) is 7.12. The first-order chi connectivity index (χ1) is 17.6. The Bertz CT molecular complexity index is 1340. The van der Waals surface area contributed by atoms with E-state index in [1.807, 2.05) is 28.8 Å². The highest BCUT2D eigenvalue weighted by Gasteiger charge is 2.23. The van der Waals surface area contributed by atoms with Gasteiger partial charge in [-0.15, -0.1) is 5.10 Å². The molecule has 4 aromatic rings. The summed E-state index contributed by atoms with van der Waals surface area (Å²) in [5.74, 6) is 0.0465. The molecule has 1 saturated heterocycles. The second-order valence-electron chi connectivity index (χ2n) is 9.19. The Balaban J connectivity index is 1.29. The van der Waals surface area contributed by atoms with E-state index in [1.165, 1.54) is 18.5 Å². The molecule has 3 N–H and O–H groups in total. The average molecular weight is 484 g/mol. The van der Waals surface area contributed by atoms with Crippen molar-refractivity contribution in [2.24, 2.45) is 5.73 Å². The number of aromatic nitrogens is 3. The molecule has 186 valence electrons. The van der Waals surface area contributed by atoms with Gasteiger partial charge in [0, 0.05) is 41.6 Å². The van der Waals surface area contributed by atoms with Gasteiger partial charge in [0.1, 0.15) is 0 Å². The highest BCUT2D eigenvalue weighted by Crippen LogP contribution is 2.26. The van der Waals surface area contributed by atoms with Gasteiger partial charge in [0.2, 0.25) is 11.9 Å². The fraction of sp³-hybridized carbons (Fsp3) is 0.321. The smallest absolute Gasteiger partial charge is 0.248 e. The van der Waals surface area contributed by atoms with E-state index < -0.39 is 5.91 Å². The molecule has 0 bridgehead atoms. The van der Waals surface area contributed by atoms with Crippen molar-refractivity contribution in [2.45, 2.75) is 32.7 Å². The van der Waals surface area contributed by atoms with Crippen molar-refractivity contribution in [2.75, 3.05) is 36.4 Å². The van der Waals surface area contributed by atoms with Gasteiger partial charge in [0.15, 0.2) is 0 Å². The minimum absolute atomic E-state index is 0.452. The second kappa shape index (κ2) is 10.4. The Hall–Kier alpha value is -3.91. The van der Waals surface area contributed by atoms with Crippen molar-refractivity contribution in [3.8, 4) is 11.3 Å². The maximum Gasteiger partial charge on any atom is 0.248 e. The standard InChI is InChI=1S/C28H33N7O/c1-3-33(4-2)24-14-16-34(17-15-24)23-10-8-22(9-11-23)31-28-30-19-25-12-13-26(35(25)32-28)20-6-5-7-21(18-20)27(29)36/h5-13,18-19,24H,3-4,14-17H2,1-2H3,(H2,29,36)(H,31,32). The molecule has 1 amide bonds. The Labute approximate surface area is 211 Å². The van der Waals surface area contributed by atoms with Crippen LogP contribution >= 0.6 is 0 Å². The molecule has 8 nitrogen and oxygen atoms in total. The lowest BCUT2D eigenvalue weighted by Gasteiger charge is -2.38. The van der Waals surface area contributed by atoms with E-state index in [0.29, 0.717) is 17.6 Å². The molecule has 5 rings (SSSR count). The molecule has 0 saturated carbocycles. The van der Waals surface area contributed by atoms with E-state index in [4.69, 9.17) is 10.8 Å². The maximum absolute atomic E-state index is 11.6. The summed E-state index contributed by atoms with van der Waals surface area (Å²) in [7, 11) is 0. The number of hydrogen-bond donors (Lipinski definition) is 2. The molecule has 0 atom stereocenters. The lowest BCUT2D eigenvalue weighted by Crippen LogP contribution is -2.44. The molecule has 36 heavy (non-hydrogen) atoms. The van der Waals surface area contributed by atoms with Gasteiger partial charge >= 0.3 is 0 Å². The molecule has 2 aromatic heterocycles. The summed E-state index contributed by atoms with van der Waals surface area (Å²) in [4.78, 5) is 21.1. The Morgan fingerprint density at radius 3 is 2.50 bits per heavy atom. The molecular formula is C28H33N7O. The fourth-order valence-corrected chi connectivity index (χ4v) is 5.12. The number of nitrogens with two attached hydrogens (primary N) is 1. The lowest BCUT2D eigenvalue weighted by molar-refractivity contribution is 0.100. The first-order valence-corrected chi connectivity index (χ1v) is 12.7. The minimum atomic E-state index is -0.452. The summed E-state index contributed by atoms with van der Waals surface area (Å²) >= 11 is 0. The van der Waals surface area contributed by atoms with Crippen molar-refractivity contribution in [3.05, 3.63) is 72.4 Å². The van der Waals surface area contributed by atoms with Crippen LogP contribution in [0.5, 0.6) is 0 Å². The summed E-state index contributed by atoms with van der Waals surface area (Å²) in [6.45, 7) is 8.92. The number of fused-ring (bicyclic) bond motifs is 1. The van der Waals surface area contributed by atoms with E-state index >= 15 is 0 Å². The van der Waals surface area contributed by atoms with Crippen molar-refractivity contribution < 1.29 is 4.79 Å². The molecule has 0 spiro atoms. The molecule has 0 radical (unpaired) electrons. The van der Waals surface area contributed by atoms with Crippen LogP contribution in [-0.2, 0) is 0 Å². The van der Waals surface area contributed by atoms with Crippen LogP contribution < -0.4 is 16.0 Å². The monoisotopic (exact) mass is 483 g/mol. The van der Waals surface area contributed by atoms with Crippen LogP contribution in [0.2, 0.25) is 0 Å². The number of nitrogens with one attached hydrogen (secondary N) is 1. The molecule has 0 unspecified atom stereocenters. The van der Waals surface area contributed by atoms with Crippen molar-refractivity contribution in [3.63, 3.8) is 0 Å². The normalized spacial score (nSPS) is 14.5. The predicted molar refractivity (Wildman–Crippen MR) is 145 cm³/mol. The zero-order valence-electron chi connectivity index (χ0n) is 20.9. The van der Waals surface area contributed by atoms with Gasteiger partial charge < -0.3 is 20.9 Å². The summed E-state index contributed by atoms with van der Waals surface area (Å²) in [6, 6.07) is 20.3. The number of amides is 1.